The van der Waals surface area contributed by atoms with E-state index in [-0.39, 0.29) is 11.9 Å². The minimum absolute atomic E-state index is 0.0468. The molecule has 5 rings (SSSR count). The standard InChI is InChI=1S/C29H30ClN3OS/c1-32(2)26-16-15-22(18-31-26)21-10-8-9-20(17-21)19-33(23-11-4-3-5-12-23)29(34)28-27(30)24-13-6-7-14-25(24)35-28/h6-10,13-18,23H,3-5,11-12,19H2,1-2H3. The zero-order valence-corrected chi connectivity index (χ0v) is 21.8. The number of hydrogen-bond acceptors (Lipinski definition) is 4. The molecule has 4 nitrogen and oxygen atoms in total. The van der Waals surface area contributed by atoms with Crippen molar-refractivity contribution in [3.05, 3.63) is 82.3 Å². The first-order valence-electron chi connectivity index (χ1n) is 12.2. The number of pyridine rings is 1. The monoisotopic (exact) mass is 503 g/mol. The van der Waals surface area contributed by atoms with Gasteiger partial charge in [0.2, 0.25) is 0 Å². The Morgan fingerprint density at radius 1 is 1.00 bits per heavy atom. The largest absolute Gasteiger partial charge is 0.363 e. The van der Waals surface area contributed by atoms with Gasteiger partial charge in [-0.3, -0.25) is 4.79 Å². The van der Waals surface area contributed by atoms with Gasteiger partial charge in [-0.15, -0.1) is 11.3 Å². The number of fused-ring (bicyclic) bond motifs is 1. The third-order valence-electron chi connectivity index (χ3n) is 6.82. The maximum atomic E-state index is 13.9. The van der Waals surface area contributed by atoms with Crippen LogP contribution in [0.3, 0.4) is 0 Å². The van der Waals surface area contributed by atoms with Gasteiger partial charge in [-0.2, -0.15) is 0 Å². The van der Waals surface area contributed by atoms with E-state index < -0.39 is 0 Å². The summed E-state index contributed by atoms with van der Waals surface area (Å²) in [5.74, 6) is 0.977. The van der Waals surface area contributed by atoms with Crippen molar-refractivity contribution in [3.8, 4) is 11.1 Å². The lowest BCUT2D eigenvalue weighted by atomic mass is 9.93. The average Bonchev–Trinajstić information content (AvgIpc) is 3.24. The molecule has 180 valence electrons. The second-order valence-corrected chi connectivity index (χ2v) is 10.9. The Morgan fingerprint density at radius 3 is 2.51 bits per heavy atom. The number of halogens is 1. The molecule has 6 heteroatoms. The molecule has 0 N–H and O–H groups in total. The number of hydrogen-bond donors (Lipinski definition) is 0. The van der Waals surface area contributed by atoms with Crippen molar-refractivity contribution >= 4 is 44.7 Å². The van der Waals surface area contributed by atoms with Crippen molar-refractivity contribution in [1.29, 1.82) is 0 Å². The molecular formula is C29H30ClN3OS. The summed E-state index contributed by atoms with van der Waals surface area (Å²) < 4.78 is 1.06. The van der Waals surface area contributed by atoms with E-state index in [0.29, 0.717) is 16.4 Å². The van der Waals surface area contributed by atoms with E-state index in [1.54, 1.807) is 0 Å². The number of anilines is 1. The smallest absolute Gasteiger partial charge is 0.266 e. The SMILES string of the molecule is CN(C)c1ccc(-c2cccc(CN(C(=O)c3sc4ccccc4c3Cl)C3CCCCC3)c2)cn1. The lowest BCUT2D eigenvalue weighted by Gasteiger charge is -2.34. The molecule has 2 aromatic heterocycles. The minimum atomic E-state index is 0.0468. The molecule has 0 spiro atoms. The van der Waals surface area contributed by atoms with Crippen LogP contribution in [-0.2, 0) is 6.54 Å². The van der Waals surface area contributed by atoms with Crippen molar-refractivity contribution < 1.29 is 4.79 Å². The molecular weight excluding hydrogens is 474 g/mol. The lowest BCUT2D eigenvalue weighted by molar-refractivity contribution is 0.0619. The molecule has 0 bridgehead atoms. The fourth-order valence-electron chi connectivity index (χ4n) is 4.91. The molecule has 2 heterocycles. The Labute approximate surface area is 216 Å². The van der Waals surface area contributed by atoms with Gasteiger partial charge in [-0.1, -0.05) is 67.3 Å². The molecule has 1 fully saturated rings. The first kappa shape index (κ1) is 23.8. The molecule has 1 aliphatic rings. The third kappa shape index (κ3) is 5.07. The highest BCUT2D eigenvalue weighted by molar-refractivity contribution is 7.21. The number of benzene rings is 2. The Bertz CT molecular complexity index is 1330. The number of rotatable bonds is 6. The molecule has 1 amide bonds. The van der Waals surface area contributed by atoms with E-state index in [4.69, 9.17) is 11.6 Å². The summed E-state index contributed by atoms with van der Waals surface area (Å²) in [6, 6.07) is 20.8. The zero-order valence-electron chi connectivity index (χ0n) is 20.2. The molecule has 35 heavy (non-hydrogen) atoms. The van der Waals surface area contributed by atoms with Gasteiger partial charge in [0.1, 0.15) is 10.7 Å². The maximum absolute atomic E-state index is 13.9. The van der Waals surface area contributed by atoms with Crippen LogP contribution in [0.15, 0.2) is 66.9 Å². The van der Waals surface area contributed by atoms with Gasteiger partial charge >= 0.3 is 0 Å². The number of nitrogens with zero attached hydrogens (tertiary/aromatic N) is 3. The maximum Gasteiger partial charge on any atom is 0.266 e. The topological polar surface area (TPSA) is 36.4 Å². The van der Waals surface area contributed by atoms with Crippen LogP contribution in [0.5, 0.6) is 0 Å². The van der Waals surface area contributed by atoms with E-state index >= 15 is 0 Å². The van der Waals surface area contributed by atoms with E-state index in [2.05, 4.69) is 40.2 Å². The summed E-state index contributed by atoms with van der Waals surface area (Å²) in [4.78, 5) is 23.2. The molecule has 4 aromatic rings. The van der Waals surface area contributed by atoms with Gasteiger partial charge in [0, 0.05) is 48.5 Å². The van der Waals surface area contributed by atoms with Crippen molar-refractivity contribution in [3.63, 3.8) is 0 Å². The number of thiophene rings is 1. The molecule has 1 saturated carbocycles. The van der Waals surface area contributed by atoms with Crippen molar-refractivity contribution in [2.24, 2.45) is 0 Å². The molecule has 1 aliphatic carbocycles. The summed E-state index contributed by atoms with van der Waals surface area (Å²) >= 11 is 8.23. The highest BCUT2D eigenvalue weighted by atomic mass is 35.5. The van der Waals surface area contributed by atoms with Crippen molar-refractivity contribution in [1.82, 2.24) is 9.88 Å². The van der Waals surface area contributed by atoms with Gasteiger partial charge in [0.15, 0.2) is 0 Å². The molecule has 0 radical (unpaired) electrons. The van der Waals surface area contributed by atoms with Crippen LogP contribution in [0.25, 0.3) is 21.2 Å². The first-order valence-corrected chi connectivity index (χ1v) is 13.4. The second-order valence-electron chi connectivity index (χ2n) is 9.47. The van der Waals surface area contributed by atoms with Crippen molar-refractivity contribution in [2.45, 2.75) is 44.7 Å². The molecule has 0 saturated heterocycles. The lowest BCUT2D eigenvalue weighted by Crippen LogP contribution is -2.40. The van der Waals surface area contributed by atoms with Gasteiger partial charge < -0.3 is 9.80 Å². The highest BCUT2D eigenvalue weighted by Gasteiger charge is 2.29. The number of amides is 1. The van der Waals surface area contributed by atoms with Gasteiger partial charge in [0.05, 0.1) is 5.02 Å². The summed E-state index contributed by atoms with van der Waals surface area (Å²) in [6.45, 7) is 0.575. The normalized spacial score (nSPS) is 14.3. The fourth-order valence-corrected chi connectivity index (χ4v) is 6.38. The quantitative estimate of drug-likeness (QED) is 0.271. The predicted octanol–water partition coefficient (Wildman–Crippen LogP) is 7.66. The van der Waals surface area contributed by atoms with E-state index in [9.17, 15) is 4.79 Å². The van der Waals surface area contributed by atoms with Crippen LogP contribution in [0, 0.1) is 0 Å². The van der Waals surface area contributed by atoms with Crippen LogP contribution in [0.1, 0.15) is 47.3 Å². The van der Waals surface area contributed by atoms with E-state index in [1.807, 2.05) is 55.5 Å². The number of carbonyl (C=O) groups excluding carboxylic acids is 1. The summed E-state index contributed by atoms with van der Waals surface area (Å²) in [5, 5.41) is 1.54. The third-order valence-corrected chi connectivity index (χ3v) is 8.49. The minimum Gasteiger partial charge on any atom is -0.363 e. The first-order chi connectivity index (χ1) is 17.0. The number of aromatic nitrogens is 1. The average molecular weight is 504 g/mol. The van der Waals surface area contributed by atoms with Crippen LogP contribution in [-0.4, -0.2) is 35.9 Å². The van der Waals surface area contributed by atoms with Crippen LogP contribution >= 0.6 is 22.9 Å². The fraction of sp³-hybridized carbons (Fsp3) is 0.310. The Morgan fingerprint density at radius 2 is 1.80 bits per heavy atom. The van der Waals surface area contributed by atoms with Gasteiger partial charge in [-0.25, -0.2) is 4.98 Å². The van der Waals surface area contributed by atoms with Crippen LogP contribution < -0.4 is 4.90 Å². The van der Waals surface area contributed by atoms with Crippen molar-refractivity contribution in [2.75, 3.05) is 19.0 Å². The molecule has 0 unspecified atom stereocenters. The predicted molar refractivity (Wildman–Crippen MR) is 148 cm³/mol. The van der Waals surface area contributed by atoms with Crippen LogP contribution in [0.2, 0.25) is 5.02 Å². The number of carbonyl (C=O) groups is 1. The molecule has 0 aliphatic heterocycles. The summed E-state index contributed by atoms with van der Waals surface area (Å²) in [7, 11) is 3.98. The zero-order chi connectivity index (χ0) is 24.4. The second kappa shape index (κ2) is 10.4. The van der Waals surface area contributed by atoms with Gasteiger partial charge in [-0.05, 0) is 48.2 Å². The van der Waals surface area contributed by atoms with Gasteiger partial charge in [0.25, 0.3) is 5.91 Å². The summed E-state index contributed by atoms with van der Waals surface area (Å²) in [5.41, 5.74) is 3.30. The summed E-state index contributed by atoms with van der Waals surface area (Å²) in [6.07, 6.45) is 7.58. The molecule has 2 aromatic carbocycles. The van der Waals surface area contributed by atoms with E-state index in [1.165, 1.54) is 30.6 Å². The highest BCUT2D eigenvalue weighted by Crippen LogP contribution is 2.37. The van der Waals surface area contributed by atoms with Crippen LogP contribution in [0.4, 0.5) is 5.82 Å². The Balaban J connectivity index is 1.46. The Hall–Kier alpha value is -2.89. The molecule has 0 atom stereocenters. The Kier molecular flexibility index (Phi) is 7.07. The van der Waals surface area contributed by atoms with E-state index in [0.717, 1.165) is 45.4 Å².